The molecule has 2 aromatic rings. The largest absolute Gasteiger partial charge is 0.465 e. The summed E-state index contributed by atoms with van der Waals surface area (Å²) in [6.45, 7) is 0.786. The Kier molecular flexibility index (Phi) is 3.48. The first-order valence-corrected chi connectivity index (χ1v) is 6.84. The summed E-state index contributed by atoms with van der Waals surface area (Å²) < 4.78 is 4.70. The number of esters is 1. The topological polar surface area (TPSA) is 77.2 Å². The molecule has 0 aliphatic heterocycles. The van der Waals surface area contributed by atoms with E-state index in [-0.39, 0.29) is 0 Å². The molecule has 1 atom stereocenters. The fourth-order valence-electron chi connectivity index (χ4n) is 2.62. The average Bonchev–Trinajstić information content (AvgIpc) is 2.49. The molecule has 0 saturated carbocycles. The lowest BCUT2D eigenvalue weighted by atomic mass is 9.77. The van der Waals surface area contributed by atoms with Crippen LogP contribution in [0.2, 0.25) is 0 Å². The van der Waals surface area contributed by atoms with Gasteiger partial charge in [-0.05, 0) is 23.6 Å². The smallest absolute Gasteiger partial charge is 0.340 e. The van der Waals surface area contributed by atoms with Gasteiger partial charge >= 0.3 is 5.97 Å². The van der Waals surface area contributed by atoms with Crippen molar-refractivity contribution < 1.29 is 9.53 Å². The van der Waals surface area contributed by atoms with E-state index < -0.39 is 5.97 Å². The van der Waals surface area contributed by atoms with E-state index in [4.69, 9.17) is 10.5 Å². The van der Waals surface area contributed by atoms with Gasteiger partial charge in [0.2, 0.25) is 0 Å². The van der Waals surface area contributed by atoms with Gasteiger partial charge in [0.15, 0.2) is 0 Å². The molecule has 0 radical (unpaired) electrons. The molecule has 0 amide bonds. The van der Waals surface area contributed by atoms with Crippen LogP contribution in [0, 0.1) is 0 Å². The molecule has 0 spiro atoms. The zero-order chi connectivity index (χ0) is 14.8. The molecule has 3 N–H and O–H groups in total. The normalized spacial score (nSPS) is 15.8. The van der Waals surface area contributed by atoms with Gasteiger partial charge < -0.3 is 15.8 Å². The number of carbonyl (C=O) groups excluding carboxylic acids is 1. The van der Waals surface area contributed by atoms with Crippen molar-refractivity contribution in [1.29, 1.82) is 0 Å². The van der Waals surface area contributed by atoms with Crippen LogP contribution in [0.15, 0.2) is 36.5 Å². The lowest BCUT2D eigenvalue weighted by Gasteiger charge is -2.30. The van der Waals surface area contributed by atoms with E-state index in [0.717, 1.165) is 13.0 Å². The highest BCUT2D eigenvalue weighted by atomic mass is 16.5. The van der Waals surface area contributed by atoms with E-state index in [1.807, 2.05) is 0 Å². The van der Waals surface area contributed by atoms with E-state index in [1.54, 1.807) is 6.07 Å². The highest BCUT2D eigenvalue weighted by Crippen LogP contribution is 2.34. The average molecular weight is 283 g/mol. The minimum atomic E-state index is -0.452. The van der Waals surface area contributed by atoms with E-state index in [2.05, 4.69) is 34.6 Å². The van der Waals surface area contributed by atoms with Gasteiger partial charge in [-0.25, -0.2) is 9.78 Å². The maximum atomic E-state index is 11.6. The number of nitrogens with two attached hydrogens (primary N) is 1. The van der Waals surface area contributed by atoms with Crippen LogP contribution in [-0.4, -0.2) is 24.6 Å². The fourth-order valence-corrected chi connectivity index (χ4v) is 2.62. The van der Waals surface area contributed by atoms with Crippen molar-refractivity contribution in [2.45, 2.75) is 12.3 Å². The van der Waals surface area contributed by atoms with Crippen molar-refractivity contribution in [3.8, 4) is 0 Å². The first-order chi connectivity index (χ1) is 10.2. The number of ether oxygens (including phenoxy) is 1. The number of nitrogens with one attached hydrogen (secondary N) is 1. The van der Waals surface area contributed by atoms with E-state index in [9.17, 15) is 4.79 Å². The van der Waals surface area contributed by atoms with Crippen LogP contribution < -0.4 is 11.1 Å². The van der Waals surface area contributed by atoms with E-state index >= 15 is 0 Å². The van der Waals surface area contributed by atoms with Crippen LogP contribution in [0.4, 0.5) is 11.5 Å². The third kappa shape index (κ3) is 2.54. The Morgan fingerprint density at radius 3 is 3.05 bits per heavy atom. The van der Waals surface area contributed by atoms with Crippen molar-refractivity contribution in [2.24, 2.45) is 0 Å². The summed E-state index contributed by atoms with van der Waals surface area (Å²) >= 11 is 0. The second-order valence-electron chi connectivity index (χ2n) is 5.13. The third-order valence-corrected chi connectivity index (χ3v) is 3.83. The van der Waals surface area contributed by atoms with Gasteiger partial charge in [0.05, 0.1) is 24.6 Å². The fraction of sp³-hybridized carbons (Fsp3) is 0.250. The Hall–Kier alpha value is -2.56. The van der Waals surface area contributed by atoms with Crippen LogP contribution in [-0.2, 0) is 11.2 Å². The molecule has 1 aromatic heterocycles. The molecule has 1 aliphatic rings. The van der Waals surface area contributed by atoms with Crippen molar-refractivity contribution in [2.75, 3.05) is 24.7 Å². The Labute approximate surface area is 123 Å². The number of benzene rings is 1. The molecule has 0 fully saturated rings. The molecular formula is C16H17N3O2. The summed E-state index contributed by atoms with van der Waals surface area (Å²) in [5.74, 6) is 0.669. The molecule has 1 aromatic carbocycles. The van der Waals surface area contributed by atoms with Gasteiger partial charge in [0.1, 0.15) is 5.82 Å². The monoisotopic (exact) mass is 283 g/mol. The summed E-state index contributed by atoms with van der Waals surface area (Å²) in [7, 11) is 1.33. The minimum absolute atomic E-state index is 0.321. The van der Waals surface area contributed by atoms with Gasteiger partial charge in [0.25, 0.3) is 0 Å². The minimum Gasteiger partial charge on any atom is -0.465 e. The highest BCUT2D eigenvalue weighted by molar-refractivity contribution is 5.95. The number of hydrogen-bond donors (Lipinski definition) is 2. The van der Waals surface area contributed by atoms with Crippen molar-refractivity contribution in [3.63, 3.8) is 0 Å². The third-order valence-electron chi connectivity index (χ3n) is 3.83. The molecule has 1 aliphatic carbocycles. The predicted molar refractivity (Wildman–Crippen MR) is 81.4 cm³/mol. The van der Waals surface area contributed by atoms with Crippen LogP contribution >= 0.6 is 0 Å². The molecule has 0 bridgehead atoms. The molecule has 5 nitrogen and oxygen atoms in total. The van der Waals surface area contributed by atoms with Gasteiger partial charge in [-0.1, -0.05) is 24.3 Å². The lowest BCUT2D eigenvalue weighted by molar-refractivity contribution is 0.0602. The lowest BCUT2D eigenvalue weighted by Crippen LogP contribution is -2.24. The molecular weight excluding hydrogens is 266 g/mol. The van der Waals surface area contributed by atoms with Crippen molar-refractivity contribution in [1.82, 2.24) is 4.98 Å². The summed E-state index contributed by atoms with van der Waals surface area (Å²) in [6, 6.07) is 10.1. The second-order valence-corrected chi connectivity index (χ2v) is 5.13. The van der Waals surface area contributed by atoms with Crippen LogP contribution in [0.5, 0.6) is 0 Å². The molecule has 108 valence electrons. The number of hydrogen-bond acceptors (Lipinski definition) is 5. The highest BCUT2D eigenvalue weighted by Gasteiger charge is 2.25. The molecule has 0 saturated heterocycles. The summed E-state index contributed by atoms with van der Waals surface area (Å²) in [6.07, 6.45) is 2.55. The maximum absolute atomic E-state index is 11.6. The van der Waals surface area contributed by atoms with Gasteiger partial charge in [-0.15, -0.1) is 0 Å². The summed E-state index contributed by atoms with van der Waals surface area (Å²) in [5, 5.41) is 3.26. The molecule has 21 heavy (non-hydrogen) atoms. The Balaban J connectivity index is 1.68. The number of rotatable bonds is 4. The second kappa shape index (κ2) is 5.44. The van der Waals surface area contributed by atoms with Crippen molar-refractivity contribution >= 4 is 17.5 Å². The van der Waals surface area contributed by atoms with Crippen molar-refractivity contribution in [3.05, 3.63) is 53.2 Å². The predicted octanol–water partition coefficient (Wildman–Crippen LogP) is 2.20. The van der Waals surface area contributed by atoms with E-state index in [1.165, 1.54) is 24.4 Å². The number of pyridine rings is 1. The molecule has 1 heterocycles. The zero-order valence-electron chi connectivity index (χ0n) is 11.8. The summed E-state index contributed by atoms with van der Waals surface area (Å²) in [4.78, 5) is 15.8. The zero-order valence-corrected chi connectivity index (χ0v) is 11.8. The van der Waals surface area contributed by atoms with Gasteiger partial charge in [0, 0.05) is 12.5 Å². The Bertz CT molecular complexity index is 685. The Morgan fingerprint density at radius 1 is 1.48 bits per heavy atom. The van der Waals surface area contributed by atoms with Gasteiger partial charge in [-0.2, -0.15) is 0 Å². The first kappa shape index (κ1) is 13.4. The number of carbonyl (C=O) groups is 1. The maximum Gasteiger partial charge on any atom is 0.340 e. The number of anilines is 2. The van der Waals surface area contributed by atoms with Crippen LogP contribution in [0.1, 0.15) is 27.4 Å². The summed E-state index contributed by atoms with van der Waals surface area (Å²) in [5.41, 5.74) is 9.18. The number of nitrogens with zero attached hydrogens (tertiary/aromatic N) is 1. The SMILES string of the molecule is COC(=O)c1cc(NCC2Cc3ccccc32)ncc1N. The quantitative estimate of drug-likeness (QED) is 0.841. The molecule has 3 rings (SSSR count). The number of fused-ring (bicyclic) bond motifs is 1. The van der Waals surface area contributed by atoms with Crippen LogP contribution in [0.25, 0.3) is 0 Å². The molecule has 1 unspecified atom stereocenters. The standard InChI is InChI=1S/C16H17N3O2/c1-21-16(20)13-7-15(19-9-14(13)17)18-8-11-6-10-4-2-3-5-12(10)11/h2-5,7,9,11H,6,8,17H2,1H3,(H,18,19). The Morgan fingerprint density at radius 2 is 2.29 bits per heavy atom. The first-order valence-electron chi connectivity index (χ1n) is 6.84. The molecule has 5 heteroatoms. The van der Waals surface area contributed by atoms with Crippen LogP contribution in [0.3, 0.4) is 0 Å². The number of nitrogen functional groups attached to an aromatic ring is 1. The number of methoxy groups -OCH3 is 1. The van der Waals surface area contributed by atoms with E-state index in [0.29, 0.717) is 23.0 Å². The van der Waals surface area contributed by atoms with Gasteiger partial charge in [-0.3, -0.25) is 0 Å². The number of aromatic nitrogens is 1.